The van der Waals surface area contributed by atoms with E-state index < -0.39 is 0 Å². The number of benzene rings is 2. The summed E-state index contributed by atoms with van der Waals surface area (Å²) in [5, 5.41) is 9.24. The van der Waals surface area contributed by atoms with E-state index in [1.54, 1.807) is 30.5 Å². The quantitative estimate of drug-likeness (QED) is 0.624. The Morgan fingerprint density at radius 1 is 1.24 bits per heavy atom. The molecule has 2 aromatic carbocycles. The van der Waals surface area contributed by atoms with E-state index in [9.17, 15) is 9.18 Å². The summed E-state index contributed by atoms with van der Waals surface area (Å²) in [7, 11) is 0. The van der Waals surface area contributed by atoms with E-state index in [1.807, 2.05) is 6.07 Å². The maximum absolute atomic E-state index is 13.4. The number of nitrogens with zero attached hydrogens (tertiary/aromatic N) is 2. The number of fused-ring (bicyclic) bond motifs is 2. The van der Waals surface area contributed by atoms with E-state index in [0.717, 1.165) is 30.2 Å². The number of amides is 1. The van der Waals surface area contributed by atoms with Gasteiger partial charge in [0.2, 0.25) is 0 Å². The van der Waals surface area contributed by atoms with Gasteiger partial charge in [-0.05, 0) is 79.5 Å². The van der Waals surface area contributed by atoms with Crippen molar-refractivity contribution < 1.29 is 9.18 Å². The fourth-order valence-electron chi connectivity index (χ4n) is 5.30. The molecule has 2 saturated carbocycles. The number of nitrogens with one attached hydrogen (secondary N) is 1. The summed E-state index contributed by atoms with van der Waals surface area (Å²) in [5.74, 6) is 1.51. The molecule has 2 aliphatic carbocycles. The molecule has 1 amide bonds. The lowest BCUT2D eigenvalue weighted by molar-refractivity contribution is 0.0927. The number of hydrogen-bond acceptors (Lipinski definition) is 2. The van der Waals surface area contributed by atoms with Gasteiger partial charge in [0.1, 0.15) is 5.82 Å². The van der Waals surface area contributed by atoms with E-state index in [2.05, 4.69) is 22.0 Å². The Kier molecular flexibility index (Phi) is 4.58. The zero-order valence-corrected chi connectivity index (χ0v) is 16.9. The molecule has 0 aliphatic heterocycles. The van der Waals surface area contributed by atoms with Gasteiger partial charge in [-0.3, -0.25) is 9.48 Å². The van der Waals surface area contributed by atoms with Crippen molar-refractivity contribution in [3.05, 3.63) is 65.1 Å². The van der Waals surface area contributed by atoms with Crippen LogP contribution in [-0.2, 0) is 0 Å². The van der Waals surface area contributed by atoms with Crippen molar-refractivity contribution >= 4 is 28.4 Å². The maximum atomic E-state index is 13.4. The Morgan fingerprint density at radius 3 is 2.66 bits per heavy atom. The number of halogens is 2. The third-order valence-electron chi connectivity index (χ3n) is 6.72. The second-order valence-corrected chi connectivity index (χ2v) is 8.75. The Hall–Kier alpha value is -2.40. The summed E-state index contributed by atoms with van der Waals surface area (Å²) in [5.41, 5.74) is 1.64. The molecule has 3 aromatic rings. The minimum atomic E-state index is -0.228. The first-order chi connectivity index (χ1) is 14.0. The van der Waals surface area contributed by atoms with Crippen molar-refractivity contribution in [1.29, 1.82) is 0 Å². The molecule has 1 N–H and O–H groups in total. The zero-order chi connectivity index (χ0) is 20.1. The van der Waals surface area contributed by atoms with E-state index in [4.69, 9.17) is 11.6 Å². The lowest BCUT2D eigenvalue weighted by Crippen LogP contribution is -2.37. The van der Waals surface area contributed by atoms with Gasteiger partial charge >= 0.3 is 0 Å². The van der Waals surface area contributed by atoms with Crippen LogP contribution in [0.3, 0.4) is 0 Å². The zero-order valence-electron chi connectivity index (χ0n) is 16.2. The first-order valence-corrected chi connectivity index (χ1v) is 10.6. The summed E-state index contributed by atoms with van der Waals surface area (Å²) < 4.78 is 15.5. The van der Waals surface area contributed by atoms with Crippen LogP contribution in [0.25, 0.3) is 10.9 Å². The van der Waals surface area contributed by atoms with Gasteiger partial charge in [-0.1, -0.05) is 18.5 Å². The molecular weight excluding hydrogens is 389 g/mol. The molecule has 4 unspecified atom stereocenters. The minimum Gasteiger partial charge on any atom is -0.349 e. The second kappa shape index (κ2) is 7.13. The summed E-state index contributed by atoms with van der Waals surface area (Å²) in [6.07, 6.45) is 4.81. The highest BCUT2D eigenvalue weighted by molar-refractivity contribution is 6.30. The van der Waals surface area contributed by atoms with Crippen molar-refractivity contribution in [2.24, 2.45) is 17.8 Å². The van der Waals surface area contributed by atoms with Gasteiger partial charge in [0.05, 0.1) is 17.8 Å². The predicted octanol–water partition coefficient (Wildman–Crippen LogP) is 5.23. The fourth-order valence-corrected chi connectivity index (χ4v) is 5.42. The van der Waals surface area contributed by atoms with Crippen molar-refractivity contribution in [1.82, 2.24) is 15.1 Å². The molecule has 1 aromatic heterocycles. The van der Waals surface area contributed by atoms with Gasteiger partial charge < -0.3 is 5.32 Å². The third kappa shape index (κ3) is 3.31. The van der Waals surface area contributed by atoms with E-state index in [0.29, 0.717) is 34.4 Å². The molecule has 0 spiro atoms. The average Bonchev–Trinajstić information content (AvgIpc) is 3.06. The van der Waals surface area contributed by atoms with Crippen LogP contribution in [0.15, 0.2) is 48.7 Å². The van der Waals surface area contributed by atoms with E-state index in [1.165, 1.54) is 12.1 Å². The van der Waals surface area contributed by atoms with Crippen LogP contribution < -0.4 is 5.32 Å². The Morgan fingerprint density at radius 2 is 1.97 bits per heavy atom. The van der Waals surface area contributed by atoms with Crippen LogP contribution in [0.2, 0.25) is 5.02 Å². The molecule has 29 heavy (non-hydrogen) atoms. The van der Waals surface area contributed by atoms with Crippen LogP contribution in [-0.4, -0.2) is 21.7 Å². The van der Waals surface area contributed by atoms with Gasteiger partial charge in [-0.25, -0.2) is 4.39 Å². The average molecular weight is 412 g/mol. The SMILES string of the molecule is CCC(NC(=O)c1ccc(Cl)cc1)C1C2CC(n3ncc4cc(F)ccc43)C[C@@H]21. The van der Waals surface area contributed by atoms with Crippen LogP contribution in [0.1, 0.15) is 42.6 Å². The van der Waals surface area contributed by atoms with Gasteiger partial charge in [-0.15, -0.1) is 0 Å². The Labute approximate surface area is 174 Å². The smallest absolute Gasteiger partial charge is 0.251 e. The third-order valence-corrected chi connectivity index (χ3v) is 6.97. The van der Waals surface area contributed by atoms with Gasteiger partial charge in [0.25, 0.3) is 5.91 Å². The molecule has 0 bridgehead atoms. The molecule has 2 aliphatic rings. The largest absolute Gasteiger partial charge is 0.349 e. The normalized spacial score (nSPS) is 26.3. The predicted molar refractivity (Wildman–Crippen MR) is 111 cm³/mol. The van der Waals surface area contributed by atoms with Gasteiger partial charge in [0.15, 0.2) is 0 Å². The first-order valence-electron chi connectivity index (χ1n) is 10.2. The topological polar surface area (TPSA) is 46.9 Å². The first kappa shape index (κ1) is 18.6. The van der Waals surface area contributed by atoms with Crippen LogP contribution in [0.4, 0.5) is 4.39 Å². The highest BCUT2D eigenvalue weighted by Gasteiger charge is 2.59. The van der Waals surface area contributed by atoms with Gasteiger partial charge in [-0.2, -0.15) is 5.10 Å². The molecule has 5 atom stereocenters. The molecule has 150 valence electrons. The number of carbonyl (C=O) groups is 1. The Balaban J connectivity index is 1.25. The Bertz CT molecular complexity index is 1050. The van der Waals surface area contributed by atoms with Crippen molar-refractivity contribution in [2.45, 2.75) is 38.3 Å². The molecule has 0 radical (unpaired) electrons. The minimum absolute atomic E-state index is 0.0323. The molecule has 1 heterocycles. The maximum Gasteiger partial charge on any atom is 0.251 e. The van der Waals surface area contributed by atoms with Crippen molar-refractivity contribution in [3.8, 4) is 0 Å². The monoisotopic (exact) mass is 411 g/mol. The second-order valence-electron chi connectivity index (χ2n) is 8.32. The summed E-state index contributed by atoms with van der Waals surface area (Å²) in [4.78, 5) is 12.6. The van der Waals surface area contributed by atoms with Crippen molar-refractivity contribution in [3.63, 3.8) is 0 Å². The fraction of sp³-hybridized carbons (Fsp3) is 0.391. The van der Waals surface area contributed by atoms with Crippen molar-refractivity contribution in [2.75, 3.05) is 0 Å². The lowest BCUT2D eigenvalue weighted by atomic mass is 9.99. The highest BCUT2D eigenvalue weighted by Crippen LogP contribution is 2.62. The molecule has 2 fully saturated rings. The van der Waals surface area contributed by atoms with Gasteiger partial charge in [0, 0.05) is 22.0 Å². The lowest BCUT2D eigenvalue weighted by Gasteiger charge is -2.22. The number of rotatable bonds is 5. The van der Waals surface area contributed by atoms with Crippen LogP contribution >= 0.6 is 11.6 Å². The van der Waals surface area contributed by atoms with E-state index >= 15 is 0 Å². The number of aromatic nitrogens is 2. The summed E-state index contributed by atoms with van der Waals surface area (Å²) in [6.45, 7) is 2.13. The van der Waals surface area contributed by atoms with E-state index in [-0.39, 0.29) is 17.8 Å². The number of carbonyl (C=O) groups excluding carboxylic acids is 1. The highest BCUT2D eigenvalue weighted by atomic mass is 35.5. The molecule has 0 saturated heterocycles. The summed E-state index contributed by atoms with van der Waals surface area (Å²) >= 11 is 5.92. The van der Waals surface area contributed by atoms with Crippen LogP contribution in [0, 0.1) is 23.6 Å². The standard InChI is InChI=1S/C23H23ClFN3O/c1-2-20(27-23(29)13-3-5-15(24)6-4-13)22-18-10-17(11-19(18)22)28-21-8-7-16(25)9-14(21)12-26-28/h3-9,12,17-20,22H,2,10-11H2,1H3,(H,27,29)/t17?,18-,19?,20?,22?/m0/s1. The molecular formula is C23H23ClFN3O. The number of hydrogen-bond donors (Lipinski definition) is 1. The van der Waals surface area contributed by atoms with Crippen LogP contribution in [0.5, 0.6) is 0 Å². The molecule has 6 heteroatoms. The summed E-state index contributed by atoms with van der Waals surface area (Å²) in [6, 6.07) is 12.4. The molecule has 5 rings (SSSR count). The molecule has 4 nitrogen and oxygen atoms in total.